The number of hydrogen-bond acceptors (Lipinski definition) is 4. The van der Waals surface area contributed by atoms with Gasteiger partial charge in [-0.05, 0) is 42.0 Å². The van der Waals surface area contributed by atoms with Crippen molar-refractivity contribution in [2.45, 2.75) is 6.92 Å². The van der Waals surface area contributed by atoms with Crippen LogP contribution in [0, 0.1) is 17.2 Å². The molecule has 0 amide bonds. The van der Waals surface area contributed by atoms with E-state index in [2.05, 4.69) is 22.0 Å². The minimum absolute atomic E-state index is 0.0483. The second-order valence-electron chi connectivity index (χ2n) is 3.75. The molecule has 0 aromatic carbocycles. The molecule has 1 rings (SSSR count). The van der Waals surface area contributed by atoms with Crippen LogP contribution in [0.3, 0.4) is 0 Å². The van der Waals surface area contributed by atoms with Crippen LogP contribution in [0.2, 0.25) is 0 Å². The molecule has 0 saturated carbocycles. The van der Waals surface area contributed by atoms with Gasteiger partial charge in [0.05, 0.1) is 27.2 Å². The minimum atomic E-state index is -0.0483. The average molecular weight is 301 g/mol. The number of hydrogen-bond donors (Lipinski definition) is 0. The fraction of sp³-hybridized carbons (Fsp3) is 0.455. The van der Waals surface area contributed by atoms with Gasteiger partial charge in [-0.3, -0.25) is 9.69 Å². The van der Waals surface area contributed by atoms with Gasteiger partial charge in [0.2, 0.25) is 0 Å². The van der Waals surface area contributed by atoms with E-state index in [1.165, 1.54) is 11.3 Å². The predicted octanol–water partition coefficient (Wildman–Crippen LogP) is 2.78. The topological polar surface area (TPSA) is 44.1 Å². The second kappa shape index (κ2) is 6.14. The van der Waals surface area contributed by atoms with Crippen molar-refractivity contribution in [2.75, 3.05) is 20.1 Å². The number of carbonyl (C=O) groups excluding carboxylic acids is 1. The fourth-order valence-electron chi connectivity index (χ4n) is 1.36. The van der Waals surface area contributed by atoms with E-state index >= 15 is 0 Å². The summed E-state index contributed by atoms with van der Waals surface area (Å²) in [6, 6.07) is 5.84. The lowest BCUT2D eigenvalue weighted by Crippen LogP contribution is -2.29. The molecule has 16 heavy (non-hydrogen) atoms. The van der Waals surface area contributed by atoms with E-state index in [1.54, 1.807) is 0 Å². The number of rotatable bonds is 5. The van der Waals surface area contributed by atoms with Crippen molar-refractivity contribution < 1.29 is 4.79 Å². The summed E-state index contributed by atoms with van der Waals surface area (Å²) in [4.78, 5) is 14.4. The molecule has 1 heterocycles. The maximum absolute atomic E-state index is 11.8. The zero-order valence-corrected chi connectivity index (χ0v) is 11.6. The summed E-state index contributed by atoms with van der Waals surface area (Å²) in [5.74, 6) is 0.0520. The van der Waals surface area contributed by atoms with Gasteiger partial charge in [-0.1, -0.05) is 0 Å². The quantitative estimate of drug-likeness (QED) is 0.786. The van der Waals surface area contributed by atoms with E-state index < -0.39 is 0 Å². The molecule has 0 saturated heterocycles. The largest absolute Gasteiger partial charge is 0.298 e. The van der Waals surface area contributed by atoms with Crippen molar-refractivity contribution in [3.63, 3.8) is 0 Å². The van der Waals surface area contributed by atoms with Gasteiger partial charge in [-0.25, -0.2) is 0 Å². The van der Waals surface area contributed by atoms with Gasteiger partial charge in [0.25, 0.3) is 0 Å². The first-order valence-corrected chi connectivity index (χ1v) is 6.50. The summed E-state index contributed by atoms with van der Waals surface area (Å²) in [5.41, 5.74) is 0. The Bertz CT molecular complexity index is 410. The van der Waals surface area contributed by atoms with Crippen LogP contribution in [-0.4, -0.2) is 30.8 Å². The standard InChI is InChI=1S/C11H13BrN2OS/c1-8(5-13)6-14(2)7-9(15)10-3-4-11(12)16-10/h3-4,8H,6-7H2,1-2H3. The summed E-state index contributed by atoms with van der Waals surface area (Å²) < 4.78 is 0.962. The summed E-state index contributed by atoms with van der Waals surface area (Å²) in [5, 5.41) is 8.67. The molecule has 0 radical (unpaired) electrons. The summed E-state index contributed by atoms with van der Waals surface area (Å²) in [6.45, 7) is 2.83. The average Bonchev–Trinajstić information content (AvgIpc) is 2.64. The van der Waals surface area contributed by atoms with Crippen LogP contribution in [0.25, 0.3) is 0 Å². The Morgan fingerprint density at radius 3 is 2.88 bits per heavy atom. The number of thiophene rings is 1. The van der Waals surface area contributed by atoms with Gasteiger partial charge in [0.15, 0.2) is 5.78 Å². The maximum atomic E-state index is 11.8. The number of halogens is 1. The number of carbonyl (C=O) groups is 1. The van der Waals surface area contributed by atoms with Gasteiger partial charge >= 0.3 is 0 Å². The molecule has 86 valence electrons. The van der Waals surface area contributed by atoms with E-state index in [0.29, 0.717) is 13.1 Å². The van der Waals surface area contributed by atoms with Crippen LogP contribution >= 0.6 is 27.3 Å². The fourth-order valence-corrected chi connectivity index (χ4v) is 2.68. The molecule has 3 nitrogen and oxygen atoms in total. The molecule has 1 unspecified atom stereocenters. The Balaban J connectivity index is 2.49. The van der Waals surface area contributed by atoms with Crippen molar-refractivity contribution in [3.05, 3.63) is 20.8 Å². The molecule has 1 aromatic heterocycles. The van der Waals surface area contributed by atoms with E-state index in [1.807, 2.05) is 31.0 Å². The lowest BCUT2D eigenvalue weighted by Gasteiger charge is -2.16. The number of Topliss-reactive ketones (excluding diaryl/α,β-unsaturated/α-hetero) is 1. The molecular weight excluding hydrogens is 288 g/mol. The van der Waals surface area contributed by atoms with Crippen molar-refractivity contribution in [2.24, 2.45) is 5.92 Å². The van der Waals surface area contributed by atoms with E-state index in [0.717, 1.165) is 8.66 Å². The monoisotopic (exact) mass is 300 g/mol. The highest BCUT2D eigenvalue weighted by Crippen LogP contribution is 2.22. The Morgan fingerprint density at radius 1 is 1.69 bits per heavy atom. The van der Waals surface area contributed by atoms with Gasteiger partial charge in [-0.15, -0.1) is 11.3 Å². The van der Waals surface area contributed by atoms with Crippen LogP contribution in [-0.2, 0) is 0 Å². The van der Waals surface area contributed by atoms with Gasteiger partial charge in [-0.2, -0.15) is 5.26 Å². The van der Waals surface area contributed by atoms with Crippen LogP contribution in [0.15, 0.2) is 15.9 Å². The van der Waals surface area contributed by atoms with Crippen molar-refractivity contribution in [1.29, 1.82) is 5.26 Å². The maximum Gasteiger partial charge on any atom is 0.186 e. The minimum Gasteiger partial charge on any atom is -0.298 e. The van der Waals surface area contributed by atoms with Gasteiger partial charge in [0.1, 0.15) is 0 Å². The Morgan fingerprint density at radius 2 is 2.38 bits per heavy atom. The smallest absolute Gasteiger partial charge is 0.186 e. The zero-order chi connectivity index (χ0) is 12.1. The molecule has 1 atom stereocenters. The first kappa shape index (κ1) is 13.4. The summed E-state index contributed by atoms with van der Waals surface area (Å²) in [7, 11) is 1.86. The first-order chi connectivity index (χ1) is 7.52. The SMILES string of the molecule is CC(C#N)CN(C)CC(=O)c1ccc(Br)s1. The molecule has 0 fully saturated rings. The van der Waals surface area contributed by atoms with E-state index in [-0.39, 0.29) is 11.7 Å². The van der Waals surface area contributed by atoms with Crippen LogP contribution < -0.4 is 0 Å². The first-order valence-electron chi connectivity index (χ1n) is 4.89. The molecule has 0 aliphatic carbocycles. The zero-order valence-electron chi connectivity index (χ0n) is 9.24. The van der Waals surface area contributed by atoms with Crippen molar-refractivity contribution in [3.8, 4) is 6.07 Å². The highest BCUT2D eigenvalue weighted by Gasteiger charge is 2.13. The third-order valence-corrected chi connectivity index (χ3v) is 3.73. The molecule has 0 spiro atoms. The molecule has 0 bridgehead atoms. The van der Waals surface area contributed by atoms with E-state index in [4.69, 9.17) is 5.26 Å². The summed E-state index contributed by atoms with van der Waals surface area (Å²) >= 11 is 4.77. The molecule has 0 aliphatic rings. The number of ketones is 1. The Hall–Kier alpha value is -0.700. The highest BCUT2D eigenvalue weighted by atomic mass is 79.9. The Labute approximate surface area is 108 Å². The van der Waals surface area contributed by atoms with Crippen LogP contribution in [0.5, 0.6) is 0 Å². The van der Waals surface area contributed by atoms with Crippen molar-refractivity contribution >= 4 is 33.0 Å². The summed E-state index contributed by atoms with van der Waals surface area (Å²) in [6.07, 6.45) is 0. The molecule has 0 aliphatic heterocycles. The third-order valence-electron chi connectivity index (χ3n) is 2.07. The normalized spacial score (nSPS) is 12.4. The highest BCUT2D eigenvalue weighted by molar-refractivity contribution is 9.11. The van der Waals surface area contributed by atoms with Gasteiger partial charge < -0.3 is 0 Å². The van der Waals surface area contributed by atoms with Crippen LogP contribution in [0.1, 0.15) is 16.6 Å². The third kappa shape index (κ3) is 4.05. The molecule has 5 heteroatoms. The predicted molar refractivity (Wildman–Crippen MR) is 68.6 cm³/mol. The number of nitrogens with zero attached hydrogens (tertiary/aromatic N) is 2. The van der Waals surface area contributed by atoms with E-state index in [9.17, 15) is 4.79 Å². The lowest BCUT2D eigenvalue weighted by molar-refractivity contribution is 0.0947. The second-order valence-corrected chi connectivity index (χ2v) is 6.22. The molecule has 1 aromatic rings. The van der Waals surface area contributed by atoms with Crippen LogP contribution in [0.4, 0.5) is 0 Å². The van der Waals surface area contributed by atoms with Gasteiger partial charge in [0, 0.05) is 6.54 Å². The molecule has 0 N–H and O–H groups in total. The number of nitriles is 1. The lowest BCUT2D eigenvalue weighted by atomic mass is 10.2. The number of likely N-dealkylation sites (N-methyl/N-ethyl adjacent to an activating group) is 1. The van der Waals surface area contributed by atoms with Crippen molar-refractivity contribution in [1.82, 2.24) is 4.90 Å². The molecular formula is C11H13BrN2OS. The Kier molecular flexibility index (Phi) is 5.13.